The average molecular weight is 209 g/mol. The molecule has 0 bridgehead atoms. The molecule has 0 saturated carbocycles. The van der Waals surface area contributed by atoms with Crippen molar-refractivity contribution in [2.24, 2.45) is 0 Å². The van der Waals surface area contributed by atoms with Crippen LogP contribution in [0.4, 0.5) is 0 Å². The minimum atomic E-state index is -0.994. The summed E-state index contributed by atoms with van der Waals surface area (Å²) in [6, 6.07) is 0. The molecule has 0 amide bonds. The first-order valence-corrected chi connectivity index (χ1v) is 4.88. The minimum Gasteiger partial charge on any atom is -0.479 e. The van der Waals surface area contributed by atoms with Crippen molar-refractivity contribution in [3.05, 3.63) is 0 Å². The molecule has 0 aromatic heterocycles. The van der Waals surface area contributed by atoms with Crippen molar-refractivity contribution in [1.82, 2.24) is 4.90 Å². The zero-order valence-electron chi connectivity index (χ0n) is 7.83. The van der Waals surface area contributed by atoms with E-state index >= 15 is 0 Å². The van der Waals surface area contributed by atoms with Crippen LogP contribution in [0.5, 0.6) is 0 Å². The van der Waals surface area contributed by atoms with Crippen LogP contribution >= 0.6 is 24.0 Å². The molecule has 0 aromatic carbocycles. The van der Waals surface area contributed by atoms with E-state index in [0.717, 1.165) is 11.8 Å². The third kappa shape index (κ3) is 4.25. The van der Waals surface area contributed by atoms with Gasteiger partial charge in [0, 0.05) is 0 Å². The fourth-order valence-corrected chi connectivity index (χ4v) is 1.66. The fourth-order valence-electron chi connectivity index (χ4n) is 0.396. The minimum absolute atomic E-state index is 0.371. The molecule has 1 atom stereocenters. The van der Waals surface area contributed by atoms with E-state index in [1.165, 1.54) is 0 Å². The van der Waals surface area contributed by atoms with Crippen molar-refractivity contribution in [1.29, 1.82) is 0 Å². The zero-order valence-corrected chi connectivity index (χ0v) is 9.46. The Bertz CT molecular complexity index is 159. The molecule has 0 aliphatic carbocycles. The Labute approximate surface area is 83.1 Å². The molecule has 12 heavy (non-hydrogen) atoms. The summed E-state index contributed by atoms with van der Waals surface area (Å²) >= 11 is 6.00. The van der Waals surface area contributed by atoms with Gasteiger partial charge in [0.1, 0.15) is 0 Å². The van der Waals surface area contributed by atoms with Gasteiger partial charge in [-0.3, -0.25) is 4.90 Å². The van der Waals surface area contributed by atoms with Crippen LogP contribution in [0.1, 0.15) is 13.8 Å². The highest BCUT2D eigenvalue weighted by molar-refractivity contribution is 8.23. The first-order chi connectivity index (χ1) is 5.40. The molecular weight excluding hydrogens is 194 g/mol. The summed E-state index contributed by atoms with van der Waals surface area (Å²) in [5.74, 6) is 0. The van der Waals surface area contributed by atoms with E-state index in [2.05, 4.69) is 0 Å². The van der Waals surface area contributed by atoms with Gasteiger partial charge in [-0.2, -0.15) is 0 Å². The van der Waals surface area contributed by atoms with Crippen molar-refractivity contribution in [2.45, 2.75) is 18.9 Å². The normalized spacial score (nSPS) is 15.8. The van der Waals surface area contributed by atoms with Gasteiger partial charge in [0.2, 0.25) is 4.38 Å². The number of thiocarbonyl (C=S) groups is 1. The van der Waals surface area contributed by atoms with Gasteiger partial charge >= 0.3 is 0 Å². The highest BCUT2D eigenvalue weighted by Crippen LogP contribution is 2.25. The molecule has 0 spiro atoms. The van der Waals surface area contributed by atoms with E-state index in [1.807, 2.05) is 6.92 Å². The van der Waals surface area contributed by atoms with Gasteiger partial charge in [0.05, 0.1) is 6.61 Å². The molecule has 5 heteroatoms. The van der Waals surface area contributed by atoms with Crippen molar-refractivity contribution < 1.29 is 9.84 Å². The van der Waals surface area contributed by atoms with E-state index in [-0.39, 0.29) is 0 Å². The molecule has 0 rings (SSSR count). The summed E-state index contributed by atoms with van der Waals surface area (Å²) < 4.78 is 5.41. The Hall–Kier alpha value is 0.160. The Morgan fingerprint density at radius 1 is 1.67 bits per heavy atom. The van der Waals surface area contributed by atoms with Crippen molar-refractivity contribution in [3.8, 4) is 0 Å². The molecular formula is C7H15NO2S2. The van der Waals surface area contributed by atoms with E-state index < -0.39 is 5.06 Å². The van der Waals surface area contributed by atoms with E-state index in [1.54, 1.807) is 25.9 Å². The molecule has 1 unspecified atom stereocenters. The van der Waals surface area contributed by atoms with Gasteiger partial charge in [-0.15, -0.1) is 0 Å². The molecule has 3 nitrogen and oxygen atoms in total. The summed E-state index contributed by atoms with van der Waals surface area (Å²) in [5, 5.41) is 8.72. The van der Waals surface area contributed by atoms with Crippen molar-refractivity contribution in [2.75, 3.05) is 20.7 Å². The summed E-state index contributed by atoms with van der Waals surface area (Å²) in [6.07, 6.45) is 0. The predicted molar refractivity (Wildman–Crippen MR) is 56.1 cm³/mol. The molecule has 0 heterocycles. The quantitative estimate of drug-likeness (QED) is 0.559. The number of aliphatic hydroxyl groups is 1. The molecule has 72 valence electrons. The van der Waals surface area contributed by atoms with Crippen molar-refractivity contribution >= 4 is 28.4 Å². The Morgan fingerprint density at radius 3 is 2.50 bits per heavy atom. The van der Waals surface area contributed by atoms with Crippen LogP contribution in [0.3, 0.4) is 0 Å². The SMILES string of the molecule is CCOC(=S)SC(C)(O)N(C)C. The van der Waals surface area contributed by atoms with Crippen molar-refractivity contribution in [3.63, 3.8) is 0 Å². The van der Waals surface area contributed by atoms with Crippen LogP contribution in [0.25, 0.3) is 0 Å². The molecule has 1 N–H and O–H groups in total. The van der Waals surface area contributed by atoms with Gasteiger partial charge in [0.25, 0.3) is 0 Å². The summed E-state index contributed by atoms with van der Waals surface area (Å²) in [4.78, 5) is 1.67. The summed E-state index contributed by atoms with van der Waals surface area (Å²) in [5.41, 5.74) is 0. The highest BCUT2D eigenvalue weighted by atomic mass is 32.2. The molecule has 0 aromatic rings. The van der Waals surface area contributed by atoms with Gasteiger partial charge in [-0.05, 0) is 51.9 Å². The monoisotopic (exact) mass is 209 g/mol. The summed E-state index contributed by atoms with van der Waals surface area (Å²) in [6.45, 7) is 4.07. The van der Waals surface area contributed by atoms with Crippen LogP contribution < -0.4 is 0 Å². The van der Waals surface area contributed by atoms with Gasteiger partial charge in [0.15, 0.2) is 5.06 Å². The summed E-state index contributed by atoms with van der Waals surface area (Å²) in [7, 11) is 3.56. The maximum absolute atomic E-state index is 9.71. The van der Waals surface area contributed by atoms with Crippen LogP contribution in [-0.4, -0.2) is 40.1 Å². The lowest BCUT2D eigenvalue weighted by Crippen LogP contribution is -2.38. The third-order valence-electron chi connectivity index (χ3n) is 1.37. The van der Waals surface area contributed by atoms with Gasteiger partial charge in [-0.1, -0.05) is 0 Å². The number of hydrogen-bond acceptors (Lipinski definition) is 5. The second kappa shape index (κ2) is 5.01. The maximum atomic E-state index is 9.71. The largest absolute Gasteiger partial charge is 0.479 e. The lowest BCUT2D eigenvalue weighted by Gasteiger charge is -2.29. The van der Waals surface area contributed by atoms with E-state index in [0.29, 0.717) is 11.0 Å². The lowest BCUT2D eigenvalue weighted by atomic mass is 10.6. The van der Waals surface area contributed by atoms with Gasteiger partial charge in [-0.25, -0.2) is 0 Å². The molecule has 0 fully saturated rings. The van der Waals surface area contributed by atoms with E-state index in [9.17, 15) is 5.11 Å². The highest BCUT2D eigenvalue weighted by Gasteiger charge is 2.26. The molecule has 0 radical (unpaired) electrons. The topological polar surface area (TPSA) is 32.7 Å². The number of nitrogens with zero attached hydrogens (tertiary/aromatic N) is 1. The van der Waals surface area contributed by atoms with E-state index in [4.69, 9.17) is 17.0 Å². The van der Waals surface area contributed by atoms with Crippen LogP contribution in [0, 0.1) is 0 Å². The Balaban J connectivity index is 3.97. The Morgan fingerprint density at radius 2 is 2.17 bits per heavy atom. The molecule has 0 saturated heterocycles. The molecule has 0 aliphatic heterocycles. The average Bonchev–Trinajstić information content (AvgIpc) is 1.85. The zero-order chi connectivity index (χ0) is 9.78. The number of rotatable bonds is 3. The second-order valence-electron chi connectivity index (χ2n) is 2.61. The van der Waals surface area contributed by atoms with Crippen LogP contribution in [0.15, 0.2) is 0 Å². The standard InChI is InChI=1S/C7H15NO2S2/c1-5-10-6(11)12-7(2,9)8(3)4/h9H,5H2,1-4H3. The first kappa shape index (κ1) is 12.2. The van der Waals surface area contributed by atoms with Gasteiger partial charge < -0.3 is 9.84 Å². The third-order valence-corrected chi connectivity index (χ3v) is 2.77. The number of hydrogen-bond donors (Lipinski definition) is 1. The fraction of sp³-hybridized carbons (Fsp3) is 0.857. The smallest absolute Gasteiger partial charge is 0.224 e. The maximum Gasteiger partial charge on any atom is 0.224 e. The lowest BCUT2D eigenvalue weighted by molar-refractivity contribution is 0.0228. The predicted octanol–water partition coefficient (Wildman–Crippen LogP) is 1.27. The van der Waals surface area contributed by atoms with Crippen LogP contribution in [0.2, 0.25) is 0 Å². The molecule has 0 aliphatic rings. The number of ether oxygens (including phenoxy) is 1. The number of thioether (sulfide) groups is 1. The Kier molecular flexibility index (Phi) is 5.08. The first-order valence-electron chi connectivity index (χ1n) is 3.65. The van der Waals surface area contributed by atoms with Crippen LogP contribution in [-0.2, 0) is 4.74 Å². The second-order valence-corrected chi connectivity index (χ2v) is 4.59.